The van der Waals surface area contributed by atoms with Gasteiger partial charge in [-0.3, -0.25) is 0 Å². The molecule has 0 spiro atoms. The van der Waals surface area contributed by atoms with E-state index in [1.807, 2.05) is 36.4 Å². The zero-order valence-electron chi connectivity index (χ0n) is 14.1. The molecule has 0 bridgehead atoms. The molecular weight excluding hydrogens is 324 g/mol. The summed E-state index contributed by atoms with van der Waals surface area (Å²) in [6.07, 6.45) is 5.88. The highest BCUT2D eigenvalue weighted by atomic mass is 35.5. The Hall–Kier alpha value is -2.01. The Morgan fingerprint density at radius 1 is 1.46 bits per heavy atom. The number of para-hydroxylation sites is 1. The topological polar surface area (TPSA) is 50.2 Å². The number of anilines is 1. The summed E-state index contributed by atoms with van der Waals surface area (Å²) in [5, 5.41) is 3.54. The lowest BCUT2D eigenvalue weighted by Gasteiger charge is -2.33. The third-order valence-electron chi connectivity index (χ3n) is 4.62. The van der Waals surface area contributed by atoms with E-state index in [1.54, 1.807) is 6.07 Å². The number of benzene rings is 1. The van der Waals surface area contributed by atoms with E-state index in [2.05, 4.69) is 21.8 Å². The van der Waals surface area contributed by atoms with Crippen LogP contribution in [0.5, 0.6) is 0 Å². The van der Waals surface area contributed by atoms with Gasteiger partial charge in [0.15, 0.2) is 0 Å². The minimum atomic E-state index is -0.0921. The fraction of sp³-hybridized carbons (Fsp3) is 0.444. The molecule has 5 nitrogen and oxygen atoms in total. The van der Waals surface area contributed by atoms with Crippen molar-refractivity contribution in [2.24, 2.45) is 0 Å². The predicted molar refractivity (Wildman–Crippen MR) is 96.7 cm³/mol. The minimum absolute atomic E-state index is 0.0921. The lowest BCUT2D eigenvalue weighted by molar-refractivity contribution is 0.190. The molecule has 1 atom stereocenters. The highest BCUT2D eigenvalue weighted by molar-refractivity contribution is 6.33. The summed E-state index contributed by atoms with van der Waals surface area (Å²) in [5.41, 5.74) is 1.66. The van der Waals surface area contributed by atoms with Crippen molar-refractivity contribution in [2.75, 3.05) is 18.4 Å². The van der Waals surface area contributed by atoms with Crippen LogP contribution >= 0.6 is 11.6 Å². The number of urea groups is 1. The normalized spacial score (nSPS) is 17.8. The summed E-state index contributed by atoms with van der Waals surface area (Å²) >= 11 is 6.22. The largest absolute Gasteiger partial charge is 0.335 e. The second kappa shape index (κ2) is 7.26. The Bertz CT molecular complexity index is 707. The van der Waals surface area contributed by atoms with Gasteiger partial charge < -0.3 is 14.8 Å². The number of likely N-dealkylation sites (tertiary alicyclic amines) is 1. The number of halogens is 1. The molecular formula is C18H23ClN4O. The molecule has 1 N–H and O–H groups in total. The molecule has 24 heavy (non-hydrogen) atoms. The van der Waals surface area contributed by atoms with Crippen LogP contribution in [0.15, 0.2) is 30.6 Å². The smallest absolute Gasteiger partial charge is 0.321 e. The molecule has 0 aliphatic carbocycles. The number of aryl methyl sites for hydroxylation is 2. The number of imidazole rings is 1. The Labute approximate surface area is 147 Å². The Morgan fingerprint density at radius 2 is 2.29 bits per heavy atom. The fourth-order valence-corrected chi connectivity index (χ4v) is 3.57. The fourth-order valence-electron chi connectivity index (χ4n) is 3.30. The number of piperidine rings is 1. The van der Waals surface area contributed by atoms with Crippen molar-refractivity contribution in [3.05, 3.63) is 47.0 Å². The van der Waals surface area contributed by atoms with E-state index in [0.717, 1.165) is 37.3 Å². The molecule has 6 heteroatoms. The minimum Gasteiger partial charge on any atom is -0.335 e. The molecule has 2 aromatic rings. The van der Waals surface area contributed by atoms with Crippen LogP contribution in [0.3, 0.4) is 0 Å². The molecule has 0 unspecified atom stereocenters. The number of carbonyl (C=O) groups excluding carboxylic acids is 1. The van der Waals surface area contributed by atoms with Crippen molar-refractivity contribution in [1.29, 1.82) is 0 Å². The maximum absolute atomic E-state index is 12.7. The monoisotopic (exact) mass is 346 g/mol. The summed E-state index contributed by atoms with van der Waals surface area (Å²) in [4.78, 5) is 19.0. The molecule has 1 aliphatic heterocycles. The average molecular weight is 347 g/mol. The molecule has 0 saturated carbocycles. The van der Waals surface area contributed by atoms with Crippen LogP contribution in [-0.4, -0.2) is 33.6 Å². The number of amides is 2. The van der Waals surface area contributed by atoms with Gasteiger partial charge in [-0.05, 0) is 38.3 Å². The number of nitrogens with zero attached hydrogens (tertiary/aromatic N) is 3. The Kier molecular flexibility index (Phi) is 5.09. The van der Waals surface area contributed by atoms with Crippen LogP contribution < -0.4 is 5.32 Å². The van der Waals surface area contributed by atoms with Gasteiger partial charge in [-0.15, -0.1) is 0 Å². The van der Waals surface area contributed by atoms with Gasteiger partial charge in [-0.25, -0.2) is 9.78 Å². The third kappa shape index (κ3) is 3.41. The number of nitrogens with one attached hydrogen (secondary N) is 1. The average Bonchev–Trinajstić information content (AvgIpc) is 3.07. The SMILES string of the molecule is CCn1ccnc1[C@@H]1CCCN(C(=O)Nc2c(C)cccc2Cl)C1. The van der Waals surface area contributed by atoms with Gasteiger partial charge in [0.25, 0.3) is 0 Å². The lowest BCUT2D eigenvalue weighted by Crippen LogP contribution is -2.42. The summed E-state index contributed by atoms with van der Waals surface area (Å²) in [7, 11) is 0. The first-order chi connectivity index (χ1) is 11.6. The van der Waals surface area contributed by atoms with Crippen LogP contribution in [0.4, 0.5) is 10.5 Å². The molecule has 1 aromatic heterocycles. The second-order valence-corrected chi connectivity index (χ2v) is 6.63. The lowest BCUT2D eigenvalue weighted by atomic mass is 9.97. The van der Waals surface area contributed by atoms with Crippen molar-refractivity contribution in [3.8, 4) is 0 Å². The molecule has 1 aliphatic rings. The number of carbonyl (C=O) groups is 1. The Balaban J connectivity index is 1.71. The van der Waals surface area contributed by atoms with Crippen molar-refractivity contribution in [1.82, 2.24) is 14.5 Å². The molecule has 1 saturated heterocycles. The number of aromatic nitrogens is 2. The van der Waals surface area contributed by atoms with Crippen LogP contribution in [-0.2, 0) is 6.54 Å². The number of hydrogen-bond donors (Lipinski definition) is 1. The van der Waals surface area contributed by atoms with Crippen LogP contribution in [0.2, 0.25) is 5.02 Å². The van der Waals surface area contributed by atoms with Crippen molar-refractivity contribution in [3.63, 3.8) is 0 Å². The van der Waals surface area contributed by atoms with E-state index in [4.69, 9.17) is 11.6 Å². The zero-order chi connectivity index (χ0) is 17.1. The van der Waals surface area contributed by atoms with E-state index >= 15 is 0 Å². The first-order valence-corrected chi connectivity index (χ1v) is 8.80. The van der Waals surface area contributed by atoms with Gasteiger partial charge in [-0.1, -0.05) is 23.7 Å². The van der Waals surface area contributed by atoms with E-state index in [-0.39, 0.29) is 11.9 Å². The highest BCUT2D eigenvalue weighted by Gasteiger charge is 2.27. The van der Waals surface area contributed by atoms with Crippen LogP contribution in [0.1, 0.15) is 37.1 Å². The van der Waals surface area contributed by atoms with E-state index in [9.17, 15) is 4.79 Å². The van der Waals surface area contributed by atoms with Crippen LogP contribution in [0, 0.1) is 6.92 Å². The molecule has 2 heterocycles. The summed E-state index contributed by atoms with van der Waals surface area (Å²) < 4.78 is 2.16. The van der Waals surface area contributed by atoms with Crippen LogP contribution in [0.25, 0.3) is 0 Å². The van der Waals surface area contributed by atoms with E-state index < -0.39 is 0 Å². The van der Waals surface area contributed by atoms with Crippen molar-refractivity contribution < 1.29 is 4.79 Å². The third-order valence-corrected chi connectivity index (χ3v) is 4.93. The quantitative estimate of drug-likeness (QED) is 0.901. The number of rotatable bonds is 3. The zero-order valence-corrected chi connectivity index (χ0v) is 14.9. The van der Waals surface area contributed by atoms with Gasteiger partial charge in [0.2, 0.25) is 0 Å². The summed E-state index contributed by atoms with van der Waals surface area (Å²) in [5.74, 6) is 1.36. The molecule has 128 valence electrons. The van der Waals surface area contributed by atoms with Crippen molar-refractivity contribution in [2.45, 2.75) is 39.2 Å². The maximum Gasteiger partial charge on any atom is 0.321 e. The van der Waals surface area contributed by atoms with Gasteiger partial charge in [-0.2, -0.15) is 0 Å². The van der Waals surface area contributed by atoms with Crippen molar-refractivity contribution >= 4 is 23.3 Å². The molecule has 2 amide bonds. The van der Waals surface area contributed by atoms with E-state index in [0.29, 0.717) is 17.3 Å². The van der Waals surface area contributed by atoms with Gasteiger partial charge in [0.1, 0.15) is 5.82 Å². The maximum atomic E-state index is 12.7. The number of hydrogen-bond acceptors (Lipinski definition) is 2. The first kappa shape index (κ1) is 16.8. The molecule has 1 fully saturated rings. The van der Waals surface area contributed by atoms with Gasteiger partial charge in [0.05, 0.1) is 10.7 Å². The standard InChI is InChI=1S/C18H23ClN4O/c1-3-22-11-9-20-17(22)14-7-5-10-23(12-14)18(24)21-16-13(2)6-4-8-15(16)19/h4,6,8-9,11,14H,3,5,7,10,12H2,1-2H3,(H,21,24)/t14-/m1/s1. The molecule has 0 radical (unpaired) electrons. The van der Waals surface area contributed by atoms with Gasteiger partial charge >= 0.3 is 6.03 Å². The molecule has 3 rings (SSSR count). The summed E-state index contributed by atoms with van der Waals surface area (Å²) in [6, 6.07) is 5.53. The predicted octanol–water partition coefficient (Wildman–Crippen LogP) is 4.28. The van der Waals surface area contributed by atoms with Gasteiger partial charge in [0, 0.05) is 37.9 Å². The second-order valence-electron chi connectivity index (χ2n) is 6.22. The highest BCUT2D eigenvalue weighted by Crippen LogP contribution is 2.28. The summed E-state index contributed by atoms with van der Waals surface area (Å²) in [6.45, 7) is 6.40. The first-order valence-electron chi connectivity index (χ1n) is 8.42. The Morgan fingerprint density at radius 3 is 3.04 bits per heavy atom. The van der Waals surface area contributed by atoms with E-state index in [1.165, 1.54) is 0 Å². The molecule has 1 aromatic carbocycles.